The Balaban J connectivity index is 2.37. The Morgan fingerprint density at radius 3 is 1.54 bits per heavy atom. The fourth-order valence-corrected chi connectivity index (χ4v) is 7.44. The van der Waals surface area contributed by atoms with Crippen molar-refractivity contribution in [3.63, 3.8) is 0 Å². The van der Waals surface area contributed by atoms with Gasteiger partial charge in [-0.3, -0.25) is 4.79 Å². The van der Waals surface area contributed by atoms with E-state index < -0.39 is 49.5 Å². The summed E-state index contributed by atoms with van der Waals surface area (Å²) in [5.41, 5.74) is 0. The number of amides is 1. The second kappa shape index (κ2) is 40.2. The van der Waals surface area contributed by atoms with E-state index in [2.05, 4.69) is 55.6 Å². The molecule has 1 saturated heterocycles. The number of allylic oxidation sites excluding steroid dienone is 7. The average Bonchev–Trinajstić information content (AvgIpc) is 3.23. The zero-order chi connectivity index (χ0) is 43.0. The van der Waals surface area contributed by atoms with Crippen LogP contribution in [0, 0.1) is 0 Å². The van der Waals surface area contributed by atoms with Crippen LogP contribution in [0.1, 0.15) is 206 Å². The summed E-state index contributed by atoms with van der Waals surface area (Å²) in [5.74, 6) is -0.201. The second-order valence-electron chi connectivity index (χ2n) is 16.9. The molecule has 0 aromatic carbocycles. The Morgan fingerprint density at radius 2 is 1.02 bits per heavy atom. The number of aliphatic hydroxyl groups excluding tert-OH is 5. The van der Waals surface area contributed by atoms with Gasteiger partial charge in [0.25, 0.3) is 0 Å². The van der Waals surface area contributed by atoms with Crippen molar-refractivity contribution in [2.45, 2.75) is 249 Å². The van der Waals surface area contributed by atoms with Crippen molar-refractivity contribution in [2.75, 3.05) is 13.2 Å². The fourth-order valence-electron chi connectivity index (χ4n) is 7.44. The largest absolute Gasteiger partial charge is 0.394 e. The van der Waals surface area contributed by atoms with Crippen molar-refractivity contribution >= 4 is 5.91 Å². The highest BCUT2D eigenvalue weighted by Crippen LogP contribution is 2.22. The summed E-state index contributed by atoms with van der Waals surface area (Å²) in [5, 5.41) is 54.2. The van der Waals surface area contributed by atoms with Gasteiger partial charge in [0, 0.05) is 6.42 Å². The summed E-state index contributed by atoms with van der Waals surface area (Å²) >= 11 is 0. The summed E-state index contributed by atoms with van der Waals surface area (Å²) in [6.45, 7) is 3.73. The van der Waals surface area contributed by atoms with Crippen molar-refractivity contribution in [3.8, 4) is 0 Å². The van der Waals surface area contributed by atoms with Crippen molar-refractivity contribution in [2.24, 2.45) is 0 Å². The van der Waals surface area contributed by atoms with Crippen LogP contribution in [0.25, 0.3) is 0 Å². The van der Waals surface area contributed by atoms with Crippen molar-refractivity contribution in [1.82, 2.24) is 5.32 Å². The van der Waals surface area contributed by atoms with Crippen LogP contribution in [0.15, 0.2) is 48.6 Å². The van der Waals surface area contributed by atoms with Crippen LogP contribution in [-0.4, -0.2) is 87.5 Å². The minimum Gasteiger partial charge on any atom is -0.394 e. The first-order chi connectivity index (χ1) is 28.8. The minimum atomic E-state index is -1.57. The summed E-state index contributed by atoms with van der Waals surface area (Å²) in [6.07, 6.45) is 44.4. The number of carbonyl (C=O) groups is 1. The summed E-state index contributed by atoms with van der Waals surface area (Å²) in [7, 11) is 0. The molecule has 1 heterocycles. The molecule has 6 N–H and O–H groups in total. The Hall–Kier alpha value is -1.85. The molecule has 0 aromatic heterocycles. The molecule has 7 unspecified atom stereocenters. The molecule has 59 heavy (non-hydrogen) atoms. The molecule has 344 valence electrons. The van der Waals surface area contributed by atoms with E-state index in [1.54, 1.807) is 6.08 Å². The van der Waals surface area contributed by atoms with Crippen LogP contribution in [0.5, 0.6) is 0 Å². The maximum absolute atomic E-state index is 13.0. The molecule has 0 radical (unpaired) electrons. The van der Waals surface area contributed by atoms with Gasteiger partial charge in [0.05, 0.1) is 25.4 Å². The lowest BCUT2D eigenvalue weighted by atomic mass is 9.99. The zero-order valence-electron chi connectivity index (χ0n) is 37.7. The molecule has 1 aliphatic rings. The number of aliphatic hydroxyl groups is 5. The van der Waals surface area contributed by atoms with Gasteiger partial charge in [0.2, 0.25) is 5.91 Å². The van der Waals surface area contributed by atoms with Crippen LogP contribution in [0.4, 0.5) is 0 Å². The number of hydrogen-bond acceptors (Lipinski definition) is 8. The van der Waals surface area contributed by atoms with E-state index in [4.69, 9.17) is 9.47 Å². The Kier molecular flexibility index (Phi) is 37.6. The van der Waals surface area contributed by atoms with Gasteiger partial charge in [0.15, 0.2) is 6.29 Å². The summed E-state index contributed by atoms with van der Waals surface area (Å²) in [4.78, 5) is 13.0. The molecule has 0 spiro atoms. The third-order valence-electron chi connectivity index (χ3n) is 11.4. The minimum absolute atomic E-state index is 0.201. The third-order valence-corrected chi connectivity index (χ3v) is 11.4. The van der Waals surface area contributed by atoms with Crippen LogP contribution in [0.2, 0.25) is 0 Å². The van der Waals surface area contributed by atoms with Gasteiger partial charge in [-0.05, 0) is 64.2 Å². The van der Waals surface area contributed by atoms with E-state index in [-0.39, 0.29) is 12.5 Å². The monoisotopic (exact) mass is 834 g/mol. The Labute approximate surface area is 361 Å². The molecule has 9 heteroatoms. The lowest BCUT2D eigenvalue weighted by Crippen LogP contribution is -2.60. The van der Waals surface area contributed by atoms with E-state index in [0.29, 0.717) is 6.42 Å². The molecule has 0 aromatic rings. The van der Waals surface area contributed by atoms with Gasteiger partial charge in [-0.2, -0.15) is 0 Å². The van der Waals surface area contributed by atoms with Gasteiger partial charge in [-0.15, -0.1) is 0 Å². The van der Waals surface area contributed by atoms with E-state index in [1.165, 1.54) is 122 Å². The highest BCUT2D eigenvalue weighted by molar-refractivity contribution is 5.76. The molecule has 0 saturated carbocycles. The standard InChI is InChI=1S/C50H91NO8/c1-3-5-7-9-11-13-15-17-19-21-22-23-24-25-27-29-31-33-35-37-39-44(53)43(42-58-50-49(57)48(56)47(55)45(41-52)59-50)51-46(54)40-38-36-34-32-30-28-26-20-18-16-14-12-10-8-6-4-2/h14,16,20,26,29,31,37,39,43-45,47-50,52-53,55-57H,3-13,15,17-19,21-25,27-28,30,32-36,38,40-42H2,1-2H3,(H,51,54)/b16-14-,26-20-,31-29+,39-37+. The quantitative estimate of drug-likeness (QED) is 0.0264. The molecule has 1 rings (SSSR count). The maximum atomic E-state index is 13.0. The fraction of sp³-hybridized carbons (Fsp3) is 0.820. The number of carbonyl (C=O) groups excluding carboxylic acids is 1. The van der Waals surface area contributed by atoms with Crippen molar-refractivity contribution < 1.29 is 39.8 Å². The Bertz CT molecular complexity index is 1060. The number of unbranched alkanes of at least 4 members (excludes halogenated alkanes) is 24. The summed E-state index contributed by atoms with van der Waals surface area (Å²) in [6, 6.07) is -0.829. The maximum Gasteiger partial charge on any atom is 0.220 e. The van der Waals surface area contributed by atoms with Gasteiger partial charge >= 0.3 is 0 Å². The number of ether oxygens (including phenoxy) is 2. The molecule has 1 aliphatic heterocycles. The molecule has 1 amide bonds. The molecular weight excluding hydrogens is 743 g/mol. The normalized spacial score (nSPS) is 21.1. The van der Waals surface area contributed by atoms with Crippen molar-refractivity contribution in [1.29, 1.82) is 0 Å². The first kappa shape index (κ1) is 55.2. The van der Waals surface area contributed by atoms with Gasteiger partial charge in [-0.25, -0.2) is 0 Å². The van der Waals surface area contributed by atoms with Crippen LogP contribution in [0.3, 0.4) is 0 Å². The molecule has 9 nitrogen and oxygen atoms in total. The Morgan fingerprint density at radius 1 is 0.576 bits per heavy atom. The highest BCUT2D eigenvalue weighted by Gasteiger charge is 2.44. The smallest absolute Gasteiger partial charge is 0.220 e. The lowest BCUT2D eigenvalue weighted by Gasteiger charge is -2.40. The molecule has 0 aliphatic carbocycles. The van der Waals surface area contributed by atoms with Gasteiger partial charge < -0.3 is 40.3 Å². The topological polar surface area (TPSA) is 149 Å². The molecule has 1 fully saturated rings. The molecule has 7 atom stereocenters. The second-order valence-corrected chi connectivity index (χ2v) is 16.9. The summed E-state index contributed by atoms with van der Waals surface area (Å²) < 4.78 is 11.2. The van der Waals surface area contributed by atoms with E-state index in [1.807, 2.05) is 6.08 Å². The van der Waals surface area contributed by atoms with Gasteiger partial charge in [0.1, 0.15) is 24.4 Å². The van der Waals surface area contributed by atoms with Crippen LogP contribution in [-0.2, 0) is 14.3 Å². The average molecular weight is 834 g/mol. The van der Waals surface area contributed by atoms with Gasteiger partial charge in [-0.1, -0.05) is 184 Å². The van der Waals surface area contributed by atoms with Crippen molar-refractivity contribution in [3.05, 3.63) is 48.6 Å². The molecular formula is C50H91NO8. The predicted octanol–water partition coefficient (Wildman–Crippen LogP) is 10.6. The van der Waals surface area contributed by atoms with E-state index >= 15 is 0 Å². The third kappa shape index (κ3) is 30.8. The lowest BCUT2D eigenvalue weighted by molar-refractivity contribution is -0.302. The SMILES string of the molecule is CCCCCC/C=C\C/C=C\CCCCCCCC(=O)NC(COC1OC(CO)C(O)C(O)C1O)C(O)/C=C/CC/C=C/CCCCCCCCCCCCCCCC. The van der Waals surface area contributed by atoms with E-state index in [9.17, 15) is 30.3 Å². The first-order valence-corrected chi connectivity index (χ1v) is 24.4. The molecule has 0 bridgehead atoms. The first-order valence-electron chi connectivity index (χ1n) is 24.4. The number of rotatable bonds is 40. The number of nitrogens with one attached hydrogen (secondary N) is 1. The zero-order valence-corrected chi connectivity index (χ0v) is 37.7. The van der Waals surface area contributed by atoms with E-state index in [0.717, 1.165) is 64.2 Å². The highest BCUT2D eigenvalue weighted by atomic mass is 16.7. The number of hydrogen-bond donors (Lipinski definition) is 6. The van der Waals surface area contributed by atoms with Crippen LogP contribution >= 0.6 is 0 Å². The van der Waals surface area contributed by atoms with Crippen LogP contribution < -0.4 is 5.32 Å². The predicted molar refractivity (Wildman–Crippen MR) is 244 cm³/mol.